The van der Waals surface area contributed by atoms with Gasteiger partial charge in [-0.05, 0) is 42.7 Å². The van der Waals surface area contributed by atoms with Crippen molar-refractivity contribution < 1.29 is 9.53 Å². The maximum atomic E-state index is 12.5. The highest BCUT2D eigenvalue weighted by atomic mass is 16.5. The van der Waals surface area contributed by atoms with E-state index in [0.29, 0.717) is 18.7 Å². The molecule has 3 aromatic carbocycles. The Morgan fingerprint density at radius 2 is 1.62 bits per heavy atom. The number of hydrogen-bond donors (Lipinski definition) is 1. The zero-order valence-corrected chi connectivity index (χ0v) is 15.2. The van der Waals surface area contributed by atoms with Crippen LogP contribution in [0.1, 0.15) is 32.6 Å². The second-order valence-corrected chi connectivity index (χ2v) is 6.31. The predicted octanol–water partition coefficient (Wildman–Crippen LogP) is 4.81. The number of carbonyl (C=O) groups is 1. The van der Waals surface area contributed by atoms with Gasteiger partial charge < -0.3 is 10.1 Å². The minimum atomic E-state index is -0.0657. The standard InChI is InChI=1S/C23H23NO2/c1-17-9-8-13-21(18(17)2)23(25)24-15-20-12-6-7-14-22(20)26-16-19-10-4-3-5-11-19/h3-14H,15-16H2,1-2H3,(H,24,25). The van der Waals surface area contributed by atoms with Crippen molar-refractivity contribution in [2.45, 2.75) is 27.0 Å². The molecule has 0 spiro atoms. The molecule has 0 atom stereocenters. The summed E-state index contributed by atoms with van der Waals surface area (Å²) in [5.74, 6) is 0.724. The Kier molecular flexibility index (Phi) is 5.69. The number of amides is 1. The van der Waals surface area contributed by atoms with Crippen LogP contribution in [0.5, 0.6) is 5.75 Å². The highest BCUT2D eigenvalue weighted by molar-refractivity contribution is 5.95. The van der Waals surface area contributed by atoms with Gasteiger partial charge in [0.2, 0.25) is 0 Å². The summed E-state index contributed by atoms with van der Waals surface area (Å²) in [6.45, 7) is 4.92. The summed E-state index contributed by atoms with van der Waals surface area (Å²) < 4.78 is 5.95. The average Bonchev–Trinajstić information content (AvgIpc) is 2.68. The number of benzene rings is 3. The van der Waals surface area contributed by atoms with Crippen LogP contribution in [0.25, 0.3) is 0 Å². The summed E-state index contributed by atoms with van der Waals surface area (Å²) in [4.78, 5) is 12.5. The highest BCUT2D eigenvalue weighted by Crippen LogP contribution is 2.20. The maximum Gasteiger partial charge on any atom is 0.251 e. The molecule has 1 amide bonds. The van der Waals surface area contributed by atoms with Crippen molar-refractivity contribution in [3.8, 4) is 5.75 Å². The van der Waals surface area contributed by atoms with Crippen LogP contribution >= 0.6 is 0 Å². The van der Waals surface area contributed by atoms with Crippen molar-refractivity contribution in [1.82, 2.24) is 5.32 Å². The lowest BCUT2D eigenvalue weighted by atomic mass is 10.0. The van der Waals surface area contributed by atoms with Gasteiger partial charge in [-0.25, -0.2) is 0 Å². The summed E-state index contributed by atoms with van der Waals surface area (Å²) in [5.41, 5.74) is 4.92. The van der Waals surface area contributed by atoms with Crippen molar-refractivity contribution in [2.75, 3.05) is 0 Å². The van der Waals surface area contributed by atoms with Gasteiger partial charge in [0.1, 0.15) is 12.4 Å². The summed E-state index contributed by atoms with van der Waals surface area (Å²) in [5, 5.41) is 3.00. The molecular formula is C23H23NO2. The van der Waals surface area contributed by atoms with Crippen LogP contribution in [-0.4, -0.2) is 5.91 Å². The fourth-order valence-corrected chi connectivity index (χ4v) is 2.79. The zero-order valence-electron chi connectivity index (χ0n) is 15.2. The van der Waals surface area contributed by atoms with Crippen LogP contribution in [0.2, 0.25) is 0 Å². The molecule has 3 rings (SSSR count). The van der Waals surface area contributed by atoms with Crippen LogP contribution in [0, 0.1) is 13.8 Å². The number of carbonyl (C=O) groups excluding carboxylic acids is 1. The van der Waals surface area contributed by atoms with E-state index in [4.69, 9.17) is 4.74 Å². The third-order valence-electron chi connectivity index (χ3n) is 4.50. The Morgan fingerprint density at radius 1 is 0.885 bits per heavy atom. The zero-order chi connectivity index (χ0) is 18.4. The lowest BCUT2D eigenvalue weighted by Crippen LogP contribution is -2.24. The third-order valence-corrected chi connectivity index (χ3v) is 4.50. The second-order valence-electron chi connectivity index (χ2n) is 6.31. The van der Waals surface area contributed by atoms with E-state index in [1.165, 1.54) is 0 Å². The van der Waals surface area contributed by atoms with E-state index in [9.17, 15) is 4.79 Å². The van der Waals surface area contributed by atoms with Crippen molar-refractivity contribution in [1.29, 1.82) is 0 Å². The fourth-order valence-electron chi connectivity index (χ4n) is 2.79. The number of aryl methyl sites for hydroxylation is 1. The lowest BCUT2D eigenvalue weighted by Gasteiger charge is -2.13. The Balaban J connectivity index is 1.66. The summed E-state index contributed by atoms with van der Waals surface area (Å²) in [6, 6.07) is 23.6. The summed E-state index contributed by atoms with van der Waals surface area (Å²) in [7, 11) is 0. The molecule has 0 aliphatic carbocycles. The Hall–Kier alpha value is -3.07. The van der Waals surface area contributed by atoms with Gasteiger partial charge in [-0.15, -0.1) is 0 Å². The van der Waals surface area contributed by atoms with Crippen molar-refractivity contribution in [2.24, 2.45) is 0 Å². The number of hydrogen-bond acceptors (Lipinski definition) is 2. The lowest BCUT2D eigenvalue weighted by molar-refractivity contribution is 0.0950. The second kappa shape index (κ2) is 8.34. The quantitative estimate of drug-likeness (QED) is 0.696. The molecule has 0 radical (unpaired) electrons. The molecule has 132 valence electrons. The predicted molar refractivity (Wildman–Crippen MR) is 104 cm³/mol. The van der Waals surface area contributed by atoms with E-state index in [1.54, 1.807) is 0 Å². The molecule has 0 unspecified atom stereocenters. The molecule has 26 heavy (non-hydrogen) atoms. The van der Waals surface area contributed by atoms with E-state index in [1.807, 2.05) is 86.6 Å². The van der Waals surface area contributed by atoms with Gasteiger partial charge in [0.25, 0.3) is 5.91 Å². The van der Waals surface area contributed by atoms with Crippen LogP contribution < -0.4 is 10.1 Å². The van der Waals surface area contributed by atoms with E-state index < -0.39 is 0 Å². The van der Waals surface area contributed by atoms with E-state index in [-0.39, 0.29) is 5.91 Å². The van der Waals surface area contributed by atoms with Crippen LogP contribution in [-0.2, 0) is 13.2 Å². The van der Waals surface area contributed by atoms with Crippen molar-refractivity contribution in [3.63, 3.8) is 0 Å². The van der Waals surface area contributed by atoms with Crippen LogP contribution in [0.15, 0.2) is 72.8 Å². The molecule has 0 saturated carbocycles. The number of para-hydroxylation sites is 1. The molecule has 1 N–H and O–H groups in total. The first-order chi connectivity index (χ1) is 12.6. The SMILES string of the molecule is Cc1cccc(C(=O)NCc2ccccc2OCc2ccccc2)c1C. The molecule has 0 heterocycles. The summed E-state index contributed by atoms with van der Waals surface area (Å²) in [6.07, 6.45) is 0. The highest BCUT2D eigenvalue weighted by Gasteiger charge is 2.11. The third kappa shape index (κ3) is 4.31. The molecule has 3 nitrogen and oxygen atoms in total. The fraction of sp³-hybridized carbons (Fsp3) is 0.174. The van der Waals surface area contributed by atoms with Gasteiger partial charge in [0.15, 0.2) is 0 Å². The molecular weight excluding hydrogens is 322 g/mol. The van der Waals surface area contributed by atoms with Crippen LogP contribution in [0.3, 0.4) is 0 Å². The largest absolute Gasteiger partial charge is 0.489 e. The van der Waals surface area contributed by atoms with Gasteiger partial charge >= 0.3 is 0 Å². The van der Waals surface area contributed by atoms with E-state index >= 15 is 0 Å². The molecule has 0 aromatic heterocycles. The first-order valence-electron chi connectivity index (χ1n) is 8.74. The average molecular weight is 345 g/mol. The van der Waals surface area contributed by atoms with Gasteiger partial charge in [-0.2, -0.15) is 0 Å². The number of ether oxygens (including phenoxy) is 1. The topological polar surface area (TPSA) is 38.3 Å². The Morgan fingerprint density at radius 3 is 2.42 bits per heavy atom. The molecule has 0 aliphatic heterocycles. The Bertz CT molecular complexity index is 888. The van der Waals surface area contributed by atoms with Gasteiger partial charge in [0, 0.05) is 17.7 Å². The first kappa shape index (κ1) is 17.7. The molecule has 3 aromatic rings. The minimum absolute atomic E-state index is 0.0657. The number of rotatable bonds is 6. The smallest absolute Gasteiger partial charge is 0.251 e. The van der Waals surface area contributed by atoms with Crippen molar-refractivity contribution >= 4 is 5.91 Å². The maximum absolute atomic E-state index is 12.5. The van der Waals surface area contributed by atoms with Gasteiger partial charge in [-0.3, -0.25) is 4.79 Å². The molecule has 0 aliphatic rings. The monoisotopic (exact) mass is 345 g/mol. The first-order valence-corrected chi connectivity index (χ1v) is 8.74. The van der Waals surface area contributed by atoms with E-state index in [0.717, 1.165) is 28.0 Å². The molecule has 0 bridgehead atoms. The summed E-state index contributed by atoms with van der Waals surface area (Å²) >= 11 is 0. The van der Waals surface area contributed by atoms with Crippen molar-refractivity contribution in [3.05, 3.63) is 101 Å². The number of nitrogens with one attached hydrogen (secondary N) is 1. The normalized spacial score (nSPS) is 10.4. The molecule has 3 heteroatoms. The minimum Gasteiger partial charge on any atom is -0.489 e. The molecule has 0 fully saturated rings. The van der Waals surface area contributed by atoms with Crippen LogP contribution in [0.4, 0.5) is 0 Å². The van der Waals surface area contributed by atoms with Gasteiger partial charge in [-0.1, -0.05) is 60.7 Å². The van der Waals surface area contributed by atoms with Gasteiger partial charge in [0.05, 0.1) is 0 Å². The molecule has 0 saturated heterocycles. The Labute approximate surface area is 154 Å². The van der Waals surface area contributed by atoms with E-state index in [2.05, 4.69) is 5.32 Å².